The minimum Gasteiger partial charge on any atom is -0.382 e. The molecule has 1 heterocycles. The SMILES string of the molecule is Cc1c(-c2cc(Cl)ccc2F)c(N)nn1C. The number of aryl methyl sites for hydroxylation is 1. The maximum atomic E-state index is 13.7. The number of benzene rings is 1. The van der Waals surface area contributed by atoms with Crippen molar-refractivity contribution in [1.29, 1.82) is 0 Å². The van der Waals surface area contributed by atoms with Gasteiger partial charge >= 0.3 is 0 Å². The van der Waals surface area contributed by atoms with Crippen LogP contribution in [0.5, 0.6) is 0 Å². The molecule has 0 unspecified atom stereocenters. The maximum Gasteiger partial charge on any atom is 0.153 e. The molecule has 0 amide bonds. The fraction of sp³-hybridized carbons (Fsp3) is 0.182. The summed E-state index contributed by atoms with van der Waals surface area (Å²) in [4.78, 5) is 0. The highest BCUT2D eigenvalue weighted by Crippen LogP contribution is 2.32. The summed E-state index contributed by atoms with van der Waals surface area (Å²) in [7, 11) is 1.76. The van der Waals surface area contributed by atoms with E-state index < -0.39 is 0 Å². The molecule has 1 aromatic heterocycles. The van der Waals surface area contributed by atoms with Crippen LogP contribution in [-0.2, 0) is 7.05 Å². The lowest BCUT2D eigenvalue weighted by Crippen LogP contribution is -1.93. The second kappa shape index (κ2) is 3.79. The Morgan fingerprint density at radius 3 is 2.69 bits per heavy atom. The summed E-state index contributed by atoms with van der Waals surface area (Å²) in [6, 6.07) is 4.38. The Labute approximate surface area is 97.6 Å². The Kier molecular flexibility index (Phi) is 2.59. The Hall–Kier alpha value is -1.55. The summed E-state index contributed by atoms with van der Waals surface area (Å²) in [5.74, 6) is -0.0478. The predicted molar refractivity (Wildman–Crippen MR) is 62.8 cm³/mol. The van der Waals surface area contributed by atoms with Gasteiger partial charge < -0.3 is 5.73 Å². The molecule has 5 heteroatoms. The lowest BCUT2D eigenvalue weighted by molar-refractivity contribution is 0.631. The van der Waals surface area contributed by atoms with Gasteiger partial charge in [0.15, 0.2) is 5.82 Å². The molecule has 0 aliphatic carbocycles. The fourth-order valence-electron chi connectivity index (χ4n) is 1.66. The molecule has 0 saturated heterocycles. The van der Waals surface area contributed by atoms with Crippen molar-refractivity contribution in [3.8, 4) is 11.1 Å². The first kappa shape index (κ1) is 11.0. The van der Waals surface area contributed by atoms with E-state index in [4.69, 9.17) is 17.3 Å². The molecule has 0 spiro atoms. The van der Waals surface area contributed by atoms with Gasteiger partial charge in [-0.3, -0.25) is 4.68 Å². The highest BCUT2D eigenvalue weighted by Gasteiger charge is 2.16. The number of nitrogen functional groups attached to an aromatic ring is 1. The first-order valence-corrected chi connectivity index (χ1v) is 5.13. The standard InChI is InChI=1S/C11H11ClFN3/c1-6-10(11(14)15-16(6)2)8-5-7(12)3-4-9(8)13/h3-5H,1-2H3,(H2,14,15). The van der Waals surface area contributed by atoms with E-state index in [1.54, 1.807) is 17.8 Å². The number of hydrogen-bond acceptors (Lipinski definition) is 2. The van der Waals surface area contributed by atoms with Crippen molar-refractivity contribution in [3.63, 3.8) is 0 Å². The van der Waals surface area contributed by atoms with Crippen LogP contribution in [-0.4, -0.2) is 9.78 Å². The number of aromatic nitrogens is 2. The Morgan fingerprint density at radius 2 is 2.12 bits per heavy atom. The Morgan fingerprint density at radius 1 is 1.44 bits per heavy atom. The molecular weight excluding hydrogens is 229 g/mol. The molecule has 2 N–H and O–H groups in total. The summed E-state index contributed by atoms with van der Waals surface area (Å²) in [5.41, 5.74) is 7.54. The van der Waals surface area contributed by atoms with E-state index in [0.29, 0.717) is 22.0 Å². The highest BCUT2D eigenvalue weighted by atomic mass is 35.5. The number of nitrogens with zero attached hydrogens (tertiary/aromatic N) is 2. The molecular formula is C11H11ClFN3. The molecule has 1 aromatic carbocycles. The van der Waals surface area contributed by atoms with E-state index in [1.807, 2.05) is 6.92 Å². The van der Waals surface area contributed by atoms with Crippen molar-refractivity contribution < 1.29 is 4.39 Å². The summed E-state index contributed by atoms with van der Waals surface area (Å²) < 4.78 is 15.3. The number of anilines is 1. The van der Waals surface area contributed by atoms with Gasteiger partial charge in [0.25, 0.3) is 0 Å². The second-order valence-corrected chi connectivity index (χ2v) is 4.03. The zero-order valence-corrected chi connectivity index (χ0v) is 9.72. The van der Waals surface area contributed by atoms with Crippen LogP contribution in [0.25, 0.3) is 11.1 Å². The number of halogens is 2. The summed E-state index contributed by atoms with van der Waals surface area (Å²) in [6.45, 7) is 1.83. The van der Waals surface area contributed by atoms with Crippen molar-refractivity contribution >= 4 is 17.4 Å². The fourth-order valence-corrected chi connectivity index (χ4v) is 1.83. The topological polar surface area (TPSA) is 43.8 Å². The lowest BCUT2D eigenvalue weighted by atomic mass is 10.1. The Bertz CT molecular complexity index is 548. The smallest absolute Gasteiger partial charge is 0.153 e. The molecule has 0 saturated carbocycles. The van der Waals surface area contributed by atoms with Crippen LogP contribution >= 0.6 is 11.6 Å². The van der Waals surface area contributed by atoms with Gasteiger partial charge in [-0.15, -0.1) is 0 Å². The van der Waals surface area contributed by atoms with E-state index in [9.17, 15) is 4.39 Å². The van der Waals surface area contributed by atoms with Crippen molar-refractivity contribution in [3.05, 3.63) is 34.7 Å². The largest absolute Gasteiger partial charge is 0.382 e. The summed E-state index contributed by atoms with van der Waals surface area (Å²) in [5, 5.41) is 4.51. The zero-order chi connectivity index (χ0) is 11.9. The quantitative estimate of drug-likeness (QED) is 0.832. The first-order chi connectivity index (χ1) is 7.50. The molecule has 0 fully saturated rings. The van der Waals surface area contributed by atoms with E-state index in [2.05, 4.69) is 5.10 Å². The third-order valence-corrected chi connectivity index (χ3v) is 2.79. The van der Waals surface area contributed by atoms with Crippen LogP contribution in [0.3, 0.4) is 0 Å². The van der Waals surface area contributed by atoms with E-state index in [1.165, 1.54) is 12.1 Å². The number of rotatable bonds is 1. The van der Waals surface area contributed by atoms with Crippen LogP contribution in [0.2, 0.25) is 5.02 Å². The minimum absolute atomic E-state index is 0.307. The van der Waals surface area contributed by atoms with Gasteiger partial charge in [-0.2, -0.15) is 5.10 Å². The average molecular weight is 240 g/mol. The van der Waals surface area contributed by atoms with E-state index >= 15 is 0 Å². The van der Waals surface area contributed by atoms with Crippen LogP contribution in [0, 0.1) is 12.7 Å². The first-order valence-electron chi connectivity index (χ1n) is 4.75. The highest BCUT2D eigenvalue weighted by molar-refractivity contribution is 6.30. The van der Waals surface area contributed by atoms with Crippen LogP contribution < -0.4 is 5.73 Å². The molecule has 0 atom stereocenters. The van der Waals surface area contributed by atoms with E-state index in [-0.39, 0.29) is 5.82 Å². The number of hydrogen-bond donors (Lipinski definition) is 1. The summed E-state index contributed by atoms with van der Waals surface area (Å²) >= 11 is 5.84. The van der Waals surface area contributed by atoms with Gasteiger partial charge in [0.1, 0.15) is 5.82 Å². The average Bonchev–Trinajstić information content (AvgIpc) is 2.46. The lowest BCUT2D eigenvalue weighted by Gasteiger charge is -2.04. The van der Waals surface area contributed by atoms with Gasteiger partial charge in [0, 0.05) is 28.9 Å². The molecule has 0 aliphatic rings. The molecule has 0 radical (unpaired) electrons. The van der Waals surface area contributed by atoms with Gasteiger partial charge in [0.05, 0.1) is 0 Å². The summed E-state index contributed by atoms with van der Waals surface area (Å²) in [6.07, 6.45) is 0. The molecule has 2 aromatic rings. The van der Waals surface area contributed by atoms with Crippen molar-refractivity contribution in [2.24, 2.45) is 7.05 Å². The maximum absolute atomic E-state index is 13.7. The van der Waals surface area contributed by atoms with Crippen LogP contribution in [0.4, 0.5) is 10.2 Å². The monoisotopic (exact) mass is 239 g/mol. The molecule has 16 heavy (non-hydrogen) atoms. The van der Waals surface area contributed by atoms with Crippen molar-refractivity contribution in [2.75, 3.05) is 5.73 Å². The molecule has 0 aliphatic heterocycles. The molecule has 2 rings (SSSR count). The molecule has 84 valence electrons. The van der Waals surface area contributed by atoms with Crippen LogP contribution in [0.15, 0.2) is 18.2 Å². The van der Waals surface area contributed by atoms with Crippen molar-refractivity contribution in [1.82, 2.24) is 9.78 Å². The zero-order valence-electron chi connectivity index (χ0n) is 8.96. The van der Waals surface area contributed by atoms with Crippen LogP contribution in [0.1, 0.15) is 5.69 Å². The predicted octanol–water partition coefficient (Wildman–Crippen LogP) is 2.77. The second-order valence-electron chi connectivity index (χ2n) is 3.59. The third-order valence-electron chi connectivity index (χ3n) is 2.56. The molecule has 0 bridgehead atoms. The van der Waals surface area contributed by atoms with Gasteiger partial charge in [0.2, 0.25) is 0 Å². The number of nitrogens with two attached hydrogens (primary N) is 1. The normalized spacial score (nSPS) is 10.8. The van der Waals surface area contributed by atoms with Gasteiger partial charge in [-0.1, -0.05) is 11.6 Å². The minimum atomic E-state index is -0.354. The van der Waals surface area contributed by atoms with Gasteiger partial charge in [-0.05, 0) is 25.1 Å². The van der Waals surface area contributed by atoms with Gasteiger partial charge in [-0.25, -0.2) is 4.39 Å². The third kappa shape index (κ3) is 1.65. The molecule has 3 nitrogen and oxygen atoms in total. The van der Waals surface area contributed by atoms with E-state index in [0.717, 1.165) is 5.69 Å². The van der Waals surface area contributed by atoms with Crippen molar-refractivity contribution in [2.45, 2.75) is 6.92 Å². The Balaban J connectivity index is 2.71.